The maximum atomic E-state index is 5.95. The fourth-order valence-electron chi connectivity index (χ4n) is 2.50. The van der Waals surface area contributed by atoms with E-state index in [2.05, 4.69) is 44.3 Å². The molecule has 0 spiro atoms. The molecule has 0 fully saturated rings. The van der Waals surface area contributed by atoms with Crippen LogP contribution in [0, 0.1) is 20.8 Å². The largest absolute Gasteiger partial charge is 0.332 e. The lowest BCUT2D eigenvalue weighted by Crippen LogP contribution is -1.91. The summed E-state index contributed by atoms with van der Waals surface area (Å²) in [7, 11) is 0. The molecule has 22 heavy (non-hydrogen) atoms. The molecular formula is C18H17ClN2S. The van der Waals surface area contributed by atoms with E-state index in [1.807, 2.05) is 24.3 Å². The first-order chi connectivity index (χ1) is 10.5. The standard InChI is InChI=1S/C18H17ClN2S/c1-11-8-12(2)10-16(9-11)20-18-21-17(13(3)22-18)14-4-6-15(19)7-5-14/h4-10H,1-3H3,(H,20,21). The van der Waals surface area contributed by atoms with E-state index >= 15 is 0 Å². The Morgan fingerprint density at radius 3 is 2.23 bits per heavy atom. The quantitative estimate of drug-likeness (QED) is 0.625. The van der Waals surface area contributed by atoms with Crippen molar-refractivity contribution in [3.63, 3.8) is 0 Å². The Balaban J connectivity index is 1.90. The minimum atomic E-state index is 0.741. The molecule has 2 nitrogen and oxygen atoms in total. The summed E-state index contributed by atoms with van der Waals surface area (Å²) in [6.07, 6.45) is 0. The van der Waals surface area contributed by atoms with Crippen LogP contribution in [0.4, 0.5) is 10.8 Å². The first-order valence-corrected chi connectivity index (χ1v) is 8.29. The zero-order valence-corrected chi connectivity index (χ0v) is 14.3. The first-order valence-electron chi connectivity index (χ1n) is 7.10. The van der Waals surface area contributed by atoms with Crippen molar-refractivity contribution < 1.29 is 0 Å². The number of anilines is 2. The molecule has 0 amide bonds. The average Bonchev–Trinajstić information content (AvgIpc) is 2.79. The molecule has 2 aromatic carbocycles. The minimum Gasteiger partial charge on any atom is -0.332 e. The Kier molecular flexibility index (Phi) is 4.19. The maximum absolute atomic E-state index is 5.95. The predicted octanol–water partition coefficient (Wildman–Crippen LogP) is 6.13. The van der Waals surface area contributed by atoms with Crippen molar-refractivity contribution in [2.75, 3.05) is 5.32 Å². The van der Waals surface area contributed by atoms with Crippen LogP contribution < -0.4 is 5.32 Å². The summed E-state index contributed by atoms with van der Waals surface area (Å²) >= 11 is 7.62. The summed E-state index contributed by atoms with van der Waals surface area (Å²) < 4.78 is 0. The van der Waals surface area contributed by atoms with E-state index < -0.39 is 0 Å². The monoisotopic (exact) mass is 328 g/mol. The van der Waals surface area contributed by atoms with Gasteiger partial charge in [0.1, 0.15) is 0 Å². The Morgan fingerprint density at radius 1 is 0.955 bits per heavy atom. The fraction of sp³-hybridized carbons (Fsp3) is 0.167. The molecule has 0 saturated heterocycles. The lowest BCUT2D eigenvalue weighted by atomic mass is 10.1. The third kappa shape index (κ3) is 3.32. The number of thiazole rings is 1. The number of hydrogen-bond acceptors (Lipinski definition) is 3. The van der Waals surface area contributed by atoms with E-state index in [9.17, 15) is 0 Å². The van der Waals surface area contributed by atoms with Crippen molar-refractivity contribution in [2.45, 2.75) is 20.8 Å². The van der Waals surface area contributed by atoms with Gasteiger partial charge >= 0.3 is 0 Å². The van der Waals surface area contributed by atoms with Gasteiger partial charge in [0.2, 0.25) is 0 Å². The summed E-state index contributed by atoms with van der Waals surface area (Å²) in [5.41, 5.74) is 5.66. The van der Waals surface area contributed by atoms with Crippen LogP contribution in [0.25, 0.3) is 11.3 Å². The number of nitrogens with one attached hydrogen (secondary N) is 1. The van der Waals surface area contributed by atoms with Crippen molar-refractivity contribution in [1.29, 1.82) is 0 Å². The third-order valence-electron chi connectivity index (χ3n) is 3.39. The molecule has 1 N–H and O–H groups in total. The Hall–Kier alpha value is -1.84. The fourth-order valence-corrected chi connectivity index (χ4v) is 3.48. The van der Waals surface area contributed by atoms with Gasteiger partial charge in [0.25, 0.3) is 0 Å². The van der Waals surface area contributed by atoms with Gasteiger partial charge in [-0.3, -0.25) is 0 Å². The van der Waals surface area contributed by atoms with Gasteiger partial charge < -0.3 is 5.32 Å². The number of aryl methyl sites for hydroxylation is 3. The molecule has 3 aromatic rings. The van der Waals surface area contributed by atoms with Gasteiger partial charge in [-0.15, -0.1) is 11.3 Å². The number of aromatic nitrogens is 1. The number of benzene rings is 2. The van der Waals surface area contributed by atoms with Crippen molar-refractivity contribution >= 4 is 33.8 Å². The van der Waals surface area contributed by atoms with E-state index in [0.29, 0.717) is 0 Å². The van der Waals surface area contributed by atoms with Crippen LogP contribution >= 0.6 is 22.9 Å². The highest BCUT2D eigenvalue weighted by atomic mass is 35.5. The second-order valence-electron chi connectivity index (χ2n) is 5.43. The molecule has 0 aliphatic heterocycles. The summed E-state index contributed by atoms with van der Waals surface area (Å²) in [5, 5.41) is 5.06. The van der Waals surface area contributed by atoms with Gasteiger partial charge in [-0.2, -0.15) is 0 Å². The smallest absolute Gasteiger partial charge is 0.187 e. The van der Waals surface area contributed by atoms with Gasteiger partial charge in [-0.05, 0) is 56.2 Å². The summed E-state index contributed by atoms with van der Waals surface area (Å²) in [5.74, 6) is 0. The molecule has 0 unspecified atom stereocenters. The van der Waals surface area contributed by atoms with Crippen molar-refractivity contribution in [3.05, 3.63) is 63.5 Å². The summed E-state index contributed by atoms with van der Waals surface area (Å²) in [6, 6.07) is 14.2. The molecule has 1 heterocycles. The highest BCUT2D eigenvalue weighted by molar-refractivity contribution is 7.16. The lowest BCUT2D eigenvalue weighted by molar-refractivity contribution is 1.34. The van der Waals surface area contributed by atoms with Crippen LogP contribution in [-0.4, -0.2) is 4.98 Å². The maximum Gasteiger partial charge on any atom is 0.187 e. The van der Waals surface area contributed by atoms with E-state index in [0.717, 1.165) is 27.1 Å². The normalized spacial score (nSPS) is 10.7. The Bertz CT molecular complexity index is 786. The number of rotatable bonds is 3. The molecule has 0 aliphatic rings. The molecule has 4 heteroatoms. The predicted molar refractivity (Wildman–Crippen MR) is 96.5 cm³/mol. The van der Waals surface area contributed by atoms with Crippen molar-refractivity contribution in [2.24, 2.45) is 0 Å². The van der Waals surface area contributed by atoms with Gasteiger partial charge in [-0.25, -0.2) is 4.98 Å². The first kappa shape index (κ1) is 15.1. The van der Waals surface area contributed by atoms with Gasteiger partial charge in [-0.1, -0.05) is 29.8 Å². The topological polar surface area (TPSA) is 24.9 Å². The zero-order chi connectivity index (χ0) is 15.7. The molecule has 0 radical (unpaired) electrons. The van der Waals surface area contributed by atoms with Gasteiger partial charge in [0, 0.05) is 21.2 Å². The van der Waals surface area contributed by atoms with E-state index in [-0.39, 0.29) is 0 Å². The van der Waals surface area contributed by atoms with E-state index in [4.69, 9.17) is 16.6 Å². The van der Waals surface area contributed by atoms with Crippen LogP contribution in [-0.2, 0) is 0 Å². The number of hydrogen-bond donors (Lipinski definition) is 1. The van der Waals surface area contributed by atoms with Crippen molar-refractivity contribution in [1.82, 2.24) is 4.98 Å². The minimum absolute atomic E-state index is 0.741. The van der Waals surface area contributed by atoms with Crippen LogP contribution in [0.15, 0.2) is 42.5 Å². The SMILES string of the molecule is Cc1cc(C)cc(Nc2nc(-c3ccc(Cl)cc3)c(C)s2)c1. The molecule has 1 aromatic heterocycles. The van der Waals surface area contributed by atoms with Crippen LogP contribution in [0.1, 0.15) is 16.0 Å². The van der Waals surface area contributed by atoms with E-state index in [1.165, 1.54) is 16.0 Å². The number of nitrogens with zero attached hydrogens (tertiary/aromatic N) is 1. The van der Waals surface area contributed by atoms with Crippen LogP contribution in [0.5, 0.6) is 0 Å². The third-order valence-corrected chi connectivity index (χ3v) is 4.53. The molecule has 0 saturated carbocycles. The van der Waals surface area contributed by atoms with E-state index in [1.54, 1.807) is 11.3 Å². The summed E-state index contributed by atoms with van der Waals surface area (Å²) in [4.78, 5) is 5.92. The molecular weight excluding hydrogens is 312 g/mol. The molecule has 112 valence electrons. The van der Waals surface area contributed by atoms with Crippen molar-refractivity contribution in [3.8, 4) is 11.3 Å². The highest BCUT2D eigenvalue weighted by Crippen LogP contribution is 2.32. The second-order valence-corrected chi connectivity index (χ2v) is 7.07. The lowest BCUT2D eigenvalue weighted by Gasteiger charge is -2.05. The summed E-state index contributed by atoms with van der Waals surface area (Å²) in [6.45, 7) is 6.29. The average molecular weight is 329 g/mol. The Labute approximate surface area is 139 Å². The Morgan fingerprint density at radius 2 is 1.59 bits per heavy atom. The van der Waals surface area contributed by atoms with Gasteiger partial charge in [0.15, 0.2) is 5.13 Å². The zero-order valence-electron chi connectivity index (χ0n) is 12.8. The van der Waals surface area contributed by atoms with Gasteiger partial charge in [0.05, 0.1) is 5.69 Å². The second kappa shape index (κ2) is 6.11. The molecule has 0 atom stereocenters. The van der Waals surface area contributed by atoms with Crippen LogP contribution in [0.2, 0.25) is 5.02 Å². The molecule has 0 bridgehead atoms. The van der Waals surface area contributed by atoms with Crippen LogP contribution in [0.3, 0.4) is 0 Å². The molecule has 3 rings (SSSR count). The molecule has 0 aliphatic carbocycles. The number of halogens is 1. The highest BCUT2D eigenvalue weighted by Gasteiger charge is 2.10.